The van der Waals surface area contributed by atoms with E-state index in [2.05, 4.69) is 10.4 Å². The van der Waals surface area contributed by atoms with Gasteiger partial charge in [-0.15, -0.1) is 0 Å². The summed E-state index contributed by atoms with van der Waals surface area (Å²) in [4.78, 5) is 0. The average molecular weight is 241 g/mol. The predicted octanol–water partition coefficient (Wildman–Crippen LogP) is 0.338. The van der Waals surface area contributed by atoms with Crippen molar-refractivity contribution in [3.8, 4) is 0 Å². The first-order valence-corrected chi connectivity index (χ1v) is 6.07. The third kappa shape index (κ3) is 6.41. The van der Waals surface area contributed by atoms with Gasteiger partial charge in [0.15, 0.2) is 0 Å². The van der Waals surface area contributed by atoms with Crippen molar-refractivity contribution in [2.45, 2.75) is 32.5 Å². The van der Waals surface area contributed by atoms with E-state index in [0.717, 1.165) is 18.7 Å². The molecule has 1 aromatic heterocycles. The molecule has 0 radical (unpaired) electrons. The van der Waals surface area contributed by atoms with E-state index in [1.807, 2.05) is 33.2 Å². The number of aliphatic hydroxyl groups is 1. The highest BCUT2D eigenvalue weighted by atomic mass is 16.5. The van der Waals surface area contributed by atoms with Crippen molar-refractivity contribution in [2.75, 3.05) is 19.7 Å². The van der Waals surface area contributed by atoms with Crippen LogP contribution in [0.3, 0.4) is 0 Å². The minimum Gasteiger partial charge on any atom is -0.389 e. The van der Waals surface area contributed by atoms with E-state index < -0.39 is 6.10 Å². The van der Waals surface area contributed by atoms with Gasteiger partial charge in [0.25, 0.3) is 0 Å². The Balaban J connectivity index is 2.03. The summed E-state index contributed by atoms with van der Waals surface area (Å²) in [6.07, 6.45) is 2.53. The molecule has 1 aromatic rings. The van der Waals surface area contributed by atoms with Crippen LogP contribution in [-0.2, 0) is 18.2 Å². The molecule has 0 aliphatic heterocycles. The highest BCUT2D eigenvalue weighted by Gasteiger charge is 2.05. The summed E-state index contributed by atoms with van der Waals surface area (Å²) in [5.74, 6) is 0. The van der Waals surface area contributed by atoms with Crippen LogP contribution in [0.2, 0.25) is 0 Å². The van der Waals surface area contributed by atoms with Gasteiger partial charge >= 0.3 is 0 Å². The molecule has 98 valence electrons. The molecule has 0 fully saturated rings. The molecule has 1 atom stereocenters. The zero-order chi connectivity index (χ0) is 12.7. The van der Waals surface area contributed by atoms with Gasteiger partial charge in [0.1, 0.15) is 0 Å². The second-order valence-electron chi connectivity index (χ2n) is 4.47. The molecule has 1 unspecified atom stereocenters. The quantitative estimate of drug-likeness (QED) is 0.644. The van der Waals surface area contributed by atoms with E-state index in [-0.39, 0.29) is 6.10 Å². The molecular weight excluding hydrogens is 218 g/mol. The smallest absolute Gasteiger partial charge is 0.0897 e. The summed E-state index contributed by atoms with van der Waals surface area (Å²) in [6, 6.07) is 2.00. The largest absolute Gasteiger partial charge is 0.389 e. The van der Waals surface area contributed by atoms with E-state index in [1.165, 1.54) is 0 Å². The molecule has 0 saturated heterocycles. The molecule has 0 spiro atoms. The summed E-state index contributed by atoms with van der Waals surface area (Å²) in [5.41, 5.74) is 1.06. The molecule has 0 amide bonds. The Labute approximate surface area is 103 Å². The van der Waals surface area contributed by atoms with Crippen LogP contribution in [0.4, 0.5) is 0 Å². The van der Waals surface area contributed by atoms with E-state index in [4.69, 9.17) is 4.74 Å². The van der Waals surface area contributed by atoms with Crippen molar-refractivity contribution >= 4 is 0 Å². The van der Waals surface area contributed by atoms with Crippen LogP contribution >= 0.6 is 0 Å². The maximum absolute atomic E-state index is 9.59. The second-order valence-corrected chi connectivity index (χ2v) is 4.47. The molecule has 0 aromatic carbocycles. The third-order valence-corrected chi connectivity index (χ3v) is 2.33. The Morgan fingerprint density at radius 1 is 1.53 bits per heavy atom. The fourth-order valence-corrected chi connectivity index (χ4v) is 1.44. The molecule has 1 heterocycles. The first-order chi connectivity index (χ1) is 8.08. The van der Waals surface area contributed by atoms with Gasteiger partial charge in [0.2, 0.25) is 0 Å². The fraction of sp³-hybridized carbons (Fsp3) is 0.750. The maximum Gasteiger partial charge on any atom is 0.0897 e. The number of hydrogen-bond acceptors (Lipinski definition) is 4. The fourth-order valence-electron chi connectivity index (χ4n) is 1.44. The minimum absolute atomic E-state index is 0.165. The highest BCUT2D eigenvalue weighted by Crippen LogP contribution is 1.94. The predicted molar refractivity (Wildman–Crippen MR) is 66.9 cm³/mol. The topological polar surface area (TPSA) is 59.3 Å². The third-order valence-electron chi connectivity index (χ3n) is 2.33. The normalized spacial score (nSPS) is 13.2. The second kappa shape index (κ2) is 7.42. The molecule has 0 aliphatic carbocycles. The van der Waals surface area contributed by atoms with Crippen LogP contribution in [0.5, 0.6) is 0 Å². The maximum atomic E-state index is 9.59. The van der Waals surface area contributed by atoms with E-state index in [0.29, 0.717) is 13.2 Å². The zero-order valence-electron chi connectivity index (χ0n) is 10.9. The first-order valence-electron chi connectivity index (χ1n) is 6.07. The molecule has 0 bridgehead atoms. The number of aromatic nitrogens is 2. The lowest BCUT2D eigenvalue weighted by atomic mass is 10.3. The van der Waals surface area contributed by atoms with E-state index in [9.17, 15) is 5.11 Å². The molecule has 2 N–H and O–H groups in total. The standard InChI is InChI=1S/C12H23N3O2/c1-10(2)17-9-12(16)8-13-6-4-11-5-7-15(3)14-11/h5,7,10,12-13,16H,4,6,8-9H2,1-3H3. The number of hydrogen-bond donors (Lipinski definition) is 2. The summed E-state index contributed by atoms with van der Waals surface area (Å²) < 4.78 is 7.11. The van der Waals surface area contributed by atoms with Gasteiger partial charge in [-0.2, -0.15) is 5.10 Å². The van der Waals surface area contributed by atoms with Crippen LogP contribution in [0, 0.1) is 0 Å². The molecule has 17 heavy (non-hydrogen) atoms. The van der Waals surface area contributed by atoms with Crippen LogP contribution in [0.15, 0.2) is 12.3 Å². The van der Waals surface area contributed by atoms with Crippen molar-refractivity contribution in [3.63, 3.8) is 0 Å². The SMILES string of the molecule is CC(C)OCC(O)CNCCc1ccn(C)n1. The monoisotopic (exact) mass is 241 g/mol. The lowest BCUT2D eigenvalue weighted by Crippen LogP contribution is -2.32. The number of nitrogens with zero attached hydrogens (tertiary/aromatic N) is 2. The van der Waals surface area contributed by atoms with Gasteiger partial charge in [-0.3, -0.25) is 4.68 Å². The Bertz CT molecular complexity index is 312. The lowest BCUT2D eigenvalue weighted by Gasteiger charge is -2.13. The summed E-state index contributed by atoms with van der Waals surface area (Å²) >= 11 is 0. The molecule has 1 rings (SSSR count). The van der Waals surface area contributed by atoms with Crippen molar-refractivity contribution in [2.24, 2.45) is 7.05 Å². The Hall–Kier alpha value is -0.910. The van der Waals surface area contributed by atoms with Crippen molar-refractivity contribution in [1.82, 2.24) is 15.1 Å². The molecule has 5 nitrogen and oxygen atoms in total. The first kappa shape index (κ1) is 14.2. The van der Waals surface area contributed by atoms with Crippen LogP contribution in [-0.4, -0.2) is 46.8 Å². The number of aliphatic hydroxyl groups excluding tert-OH is 1. The van der Waals surface area contributed by atoms with Gasteiger partial charge in [-0.25, -0.2) is 0 Å². The van der Waals surface area contributed by atoms with Crippen LogP contribution < -0.4 is 5.32 Å². The molecule has 0 saturated carbocycles. The summed E-state index contributed by atoms with van der Waals surface area (Å²) in [6.45, 7) is 5.67. The van der Waals surface area contributed by atoms with E-state index in [1.54, 1.807) is 4.68 Å². The molecule has 5 heteroatoms. The molecular formula is C12H23N3O2. The van der Waals surface area contributed by atoms with Crippen molar-refractivity contribution in [1.29, 1.82) is 0 Å². The minimum atomic E-state index is -0.443. The number of nitrogens with one attached hydrogen (secondary N) is 1. The van der Waals surface area contributed by atoms with Gasteiger partial charge in [-0.1, -0.05) is 0 Å². The zero-order valence-corrected chi connectivity index (χ0v) is 10.9. The van der Waals surface area contributed by atoms with E-state index >= 15 is 0 Å². The summed E-state index contributed by atoms with van der Waals surface area (Å²) in [7, 11) is 1.91. The Morgan fingerprint density at radius 2 is 2.29 bits per heavy atom. The van der Waals surface area contributed by atoms with Crippen molar-refractivity contribution in [3.05, 3.63) is 18.0 Å². The Kier molecular flexibility index (Phi) is 6.18. The molecule has 0 aliphatic rings. The van der Waals surface area contributed by atoms with Crippen LogP contribution in [0.25, 0.3) is 0 Å². The Morgan fingerprint density at radius 3 is 2.88 bits per heavy atom. The number of aryl methyl sites for hydroxylation is 1. The van der Waals surface area contributed by atoms with Gasteiger partial charge in [-0.05, 0) is 19.9 Å². The number of ether oxygens (including phenoxy) is 1. The average Bonchev–Trinajstić information content (AvgIpc) is 2.68. The lowest BCUT2D eigenvalue weighted by molar-refractivity contribution is 0.00651. The highest BCUT2D eigenvalue weighted by molar-refractivity contribution is 4.98. The number of rotatable bonds is 8. The van der Waals surface area contributed by atoms with Gasteiger partial charge < -0.3 is 15.2 Å². The summed E-state index contributed by atoms with van der Waals surface area (Å²) in [5, 5.41) is 17.1. The van der Waals surface area contributed by atoms with Gasteiger partial charge in [0.05, 0.1) is 24.5 Å². The van der Waals surface area contributed by atoms with Crippen LogP contribution in [0.1, 0.15) is 19.5 Å². The van der Waals surface area contributed by atoms with Crippen molar-refractivity contribution < 1.29 is 9.84 Å². The van der Waals surface area contributed by atoms with Gasteiger partial charge in [0, 0.05) is 32.8 Å².